The number of ether oxygens (including phenoxy) is 1. The van der Waals surface area contributed by atoms with Crippen LogP contribution in [0.2, 0.25) is 5.02 Å². The Morgan fingerprint density at radius 2 is 2.29 bits per heavy atom. The zero-order chi connectivity index (χ0) is 12.8. The van der Waals surface area contributed by atoms with Crippen molar-refractivity contribution in [2.75, 3.05) is 13.7 Å². The zero-order valence-electron chi connectivity index (χ0n) is 9.87. The largest absolute Gasteiger partial charge is 0.495 e. The molecule has 0 saturated carbocycles. The second-order valence-electron chi connectivity index (χ2n) is 3.61. The van der Waals surface area contributed by atoms with Gasteiger partial charge in [-0.2, -0.15) is 0 Å². The smallest absolute Gasteiger partial charge is 0.251 e. The van der Waals surface area contributed by atoms with Gasteiger partial charge >= 0.3 is 0 Å². The van der Waals surface area contributed by atoms with Gasteiger partial charge in [0.15, 0.2) is 0 Å². The Kier molecular flexibility index (Phi) is 5.25. The molecule has 1 aromatic rings. The maximum Gasteiger partial charge on any atom is 0.251 e. The summed E-state index contributed by atoms with van der Waals surface area (Å²) in [6.07, 6.45) is 0.674. The minimum absolute atomic E-state index is 0.0764. The Labute approximate surface area is 106 Å². The molecule has 0 aliphatic heterocycles. The summed E-state index contributed by atoms with van der Waals surface area (Å²) in [7, 11) is 1.49. The molecule has 1 amide bonds. The van der Waals surface area contributed by atoms with Gasteiger partial charge in [0, 0.05) is 5.56 Å². The van der Waals surface area contributed by atoms with Crippen molar-refractivity contribution in [2.24, 2.45) is 0 Å². The van der Waals surface area contributed by atoms with Gasteiger partial charge < -0.3 is 15.2 Å². The molecule has 1 unspecified atom stereocenters. The van der Waals surface area contributed by atoms with Crippen molar-refractivity contribution < 1.29 is 14.6 Å². The standard InChI is InChI=1S/C12H16ClNO3/c1-3-9(7-15)14-12(16)8-4-5-10(13)11(6-8)17-2/h4-6,9,15H,3,7H2,1-2H3,(H,14,16). The average Bonchev–Trinajstić information content (AvgIpc) is 2.36. The highest BCUT2D eigenvalue weighted by molar-refractivity contribution is 6.32. The first-order valence-electron chi connectivity index (χ1n) is 5.37. The molecule has 0 aliphatic rings. The molecule has 0 fully saturated rings. The number of halogens is 1. The molecule has 0 aliphatic carbocycles. The van der Waals surface area contributed by atoms with Crippen LogP contribution in [0.5, 0.6) is 5.75 Å². The van der Waals surface area contributed by atoms with Gasteiger partial charge in [-0.3, -0.25) is 4.79 Å². The van der Waals surface area contributed by atoms with Crippen LogP contribution in [0.15, 0.2) is 18.2 Å². The molecule has 17 heavy (non-hydrogen) atoms. The number of hydrogen-bond acceptors (Lipinski definition) is 3. The van der Waals surface area contributed by atoms with Gasteiger partial charge in [-0.05, 0) is 24.6 Å². The number of benzene rings is 1. The van der Waals surface area contributed by atoms with Crippen LogP contribution in [0.3, 0.4) is 0 Å². The molecule has 1 atom stereocenters. The Hall–Kier alpha value is -1.26. The maximum absolute atomic E-state index is 11.8. The lowest BCUT2D eigenvalue weighted by molar-refractivity contribution is 0.0914. The summed E-state index contributed by atoms with van der Waals surface area (Å²) in [6, 6.07) is 4.56. The number of methoxy groups -OCH3 is 1. The fourth-order valence-electron chi connectivity index (χ4n) is 1.35. The Morgan fingerprint density at radius 1 is 1.59 bits per heavy atom. The molecule has 0 radical (unpaired) electrons. The lowest BCUT2D eigenvalue weighted by Gasteiger charge is -2.14. The first-order valence-corrected chi connectivity index (χ1v) is 5.75. The fraction of sp³-hybridized carbons (Fsp3) is 0.417. The average molecular weight is 258 g/mol. The maximum atomic E-state index is 11.8. The van der Waals surface area contributed by atoms with Crippen LogP contribution in [0.4, 0.5) is 0 Å². The number of nitrogens with one attached hydrogen (secondary N) is 1. The lowest BCUT2D eigenvalue weighted by atomic mass is 10.1. The van der Waals surface area contributed by atoms with E-state index < -0.39 is 0 Å². The highest BCUT2D eigenvalue weighted by Gasteiger charge is 2.12. The first-order chi connectivity index (χ1) is 8.12. The van der Waals surface area contributed by atoms with Crippen molar-refractivity contribution in [2.45, 2.75) is 19.4 Å². The lowest BCUT2D eigenvalue weighted by Crippen LogP contribution is -2.36. The SMILES string of the molecule is CCC(CO)NC(=O)c1ccc(Cl)c(OC)c1. The Balaban J connectivity index is 2.82. The summed E-state index contributed by atoms with van der Waals surface area (Å²) < 4.78 is 5.03. The first kappa shape index (κ1) is 13.8. The van der Waals surface area contributed by atoms with Crippen LogP contribution in [-0.2, 0) is 0 Å². The number of hydrogen-bond donors (Lipinski definition) is 2. The van der Waals surface area contributed by atoms with E-state index in [2.05, 4.69) is 5.32 Å². The third-order valence-corrected chi connectivity index (χ3v) is 2.77. The summed E-state index contributed by atoms with van der Waals surface area (Å²) >= 11 is 5.86. The molecule has 0 bridgehead atoms. The topological polar surface area (TPSA) is 58.6 Å². The summed E-state index contributed by atoms with van der Waals surface area (Å²) in [4.78, 5) is 11.8. The predicted octanol–water partition coefficient (Wildman–Crippen LogP) is 1.85. The van der Waals surface area contributed by atoms with E-state index in [0.29, 0.717) is 22.8 Å². The number of carbonyl (C=O) groups is 1. The minimum Gasteiger partial charge on any atom is -0.495 e. The highest BCUT2D eigenvalue weighted by atomic mass is 35.5. The molecule has 0 heterocycles. The van der Waals surface area contributed by atoms with Crippen LogP contribution in [0.25, 0.3) is 0 Å². The summed E-state index contributed by atoms with van der Waals surface area (Å²) in [6.45, 7) is 1.82. The van der Waals surface area contributed by atoms with Gasteiger partial charge in [0.1, 0.15) is 5.75 Å². The van der Waals surface area contributed by atoms with E-state index in [1.54, 1.807) is 18.2 Å². The third-order valence-electron chi connectivity index (χ3n) is 2.46. The molecule has 0 aromatic heterocycles. The van der Waals surface area contributed by atoms with E-state index in [0.717, 1.165) is 0 Å². The second kappa shape index (κ2) is 6.47. The second-order valence-corrected chi connectivity index (χ2v) is 4.02. The summed E-state index contributed by atoms with van der Waals surface area (Å²) in [5.74, 6) is 0.206. The van der Waals surface area contributed by atoms with Crippen molar-refractivity contribution in [3.63, 3.8) is 0 Å². The van der Waals surface area contributed by atoms with Crippen molar-refractivity contribution >= 4 is 17.5 Å². The molecule has 0 saturated heterocycles. The number of aliphatic hydroxyl groups is 1. The van der Waals surface area contributed by atoms with Crippen LogP contribution < -0.4 is 10.1 Å². The van der Waals surface area contributed by atoms with Crippen LogP contribution in [0, 0.1) is 0 Å². The van der Waals surface area contributed by atoms with Crippen molar-refractivity contribution in [3.05, 3.63) is 28.8 Å². The van der Waals surface area contributed by atoms with Crippen molar-refractivity contribution in [1.29, 1.82) is 0 Å². The molecule has 1 rings (SSSR count). The predicted molar refractivity (Wildman–Crippen MR) is 66.6 cm³/mol. The van der Waals surface area contributed by atoms with E-state index in [9.17, 15) is 4.79 Å². The number of amides is 1. The molecular weight excluding hydrogens is 242 g/mol. The Bertz CT molecular complexity index is 391. The van der Waals surface area contributed by atoms with Gasteiger partial charge in [0.2, 0.25) is 0 Å². The molecule has 5 heteroatoms. The van der Waals surface area contributed by atoms with Gasteiger partial charge in [0.05, 0.1) is 24.8 Å². The van der Waals surface area contributed by atoms with Crippen LogP contribution in [0.1, 0.15) is 23.7 Å². The molecule has 2 N–H and O–H groups in total. The fourth-order valence-corrected chi connectivity index (χ4v) is 1.54. The van der Waals surface area contributed by atoms with Crippen LogP contribution >= 0.6 is 11.6 Å². The summed E-state index contributed by atoms with van der Waals surface area (Å²) in [5, 5.41) is 12.2. The van der Waals surface area contributed by atoms with Crippen LogP contribution in [-0.4, -0.2) is 30.8 Å². The number of aliphatic hydroxyl groups excluding tert-OH is 1. The monoisotopic (exact) mass is 257 g/mol. The normalized spacial score (nSPS) is 12.0. The van der Waals surface area contributed by atoms with Crippen molar-refractivity contribution in [3.8, 4) is 5.75 Å². The van der Waals surface area contributed by atoms with Gasteiger partial charge in [-0.15, -0.1) is 0 Å². The van der Waals surface area contributed by atoms with E-state index in [4.69, 9.17) is 21.4 Å². The molecule has 94 valence electrons. The zero-order valence-corrected chi connectivity index (χ0v) is 10.6. The summed E-state index contributed by atoms with van der Waals surface area (Å²) in [5.41, 5.74) is 0.457. The quantitative estimate of drug-likeness (QED) is 0.846. The van der Waals surface area contributed by atoms with E-state index in [1.807, 2.05) is 6.92 Å². The van der Waals surface area contributed by atoms with E-state index in [-0.39, 0.29) is 18.6 Å². The molecule has 0 spiro atoms. The molecule has 1 aromatic carbocycles. The Morgan fingerprint density at radius 3 is 2.82 bits per heavy atom. The van der Waals surface area contributed by atoms with E-state index >= 15 is 0 Å². The minimum atomic E-state index is -0.249. The molecule has 4 nitrogen and oxygen atoms in total. The van der Waals surface area contributed by atoms with Gasteiger partial charge in [-0.25, -0.2) is 0 Å². The highest BCUT2D eigenvalue weighted by Crippen LogP contribution is 2.24. The number of carbonyl (C=O) groups excluding carboxylic acids is 1. The van der Waals surface area contributed by atoms with Gasteiger partial charge in [0.25, 0.3) is 5.91 Å². The van der Waals surface area contributed by atoms with Crippen molar-refractivity contribution in [1.82, 2.24) is 5.32 Å². The van der Waals surface area contributed by atoms with E-state index in [1.165, 1.54) is 7.11 Å². The van der Waals surface area contributed by atoms with Gasteiger partial charge in [-0.1, -0.05) is 18.5 Å². The number of rotatable bonds is 5. The molecular formula is C12H16ClNO3. The third kappa shape index (κ3) is 3.61.